The summed E-state index contributed by atoms with van der Waals surface area (Å²) in [5, 5.41) is 0. The van der Waals surface area contributed by atoms with E-state index in [1.807, 2.05) is 4.98 Å². The van der Waals surface area contributed by atoms with Crippen LogP contribution >= 0.6 is 0 Å². The normalized spacial score (nSPS) is 11.8. The van der Waals surface area contributed by atoms with Crippen molar-refractivity contribution < 1.29 is 17.6 Å². The molecule has 0 aliphatic rings. The lowest BCUT2D eigenvalue weighted by molar-refractivity contribution is 0.133. The summed E-state index contributed by atoms with van der Waals surface area (Å²) in [5.41, 5.74) is -3.89. The van der Waals surface area contributed by atoms with Gasteiger partial charge in [-0.1, -0.05) is 0 Å². The zero-order valence-electron chi connectivity index (χ0n) is 12.6. The number of hydrogen-bond donors (Lipinski definition) is 1. The molecule has 0 unspecified atom stereocenters. The number of aromatic nitrogens is 4. The molecule has 2 heterocycles. The Morgan fingerprint density at radius 3 is 2.38 bits per heavy atom. The number of nitrogens with one attached hydrogen (secondary N) is 1. The second-order valence-electron chi connectivity index (χ2n) is 5.13. The second kappa shape index (κ2) is 6.97. The minimum Gasteiger partial charge on any atom is -0.304 e. The van der Waals surface area contributed by atoms with Crippen molar-refractivity contribution in [2.45, 2.75) is 38.7 Å². The maximum Gasteiger partial charge on any atom is 0.331 e. The third-order valence-corrected chi connectivity index (χ3v) is 3.47. The van der Waals surface area contributed by atoms with E-state index in [2.05, 4.69) is 4.98 Å². The van der Waals surface area contributed by atoms with E-state index in [4.69, 9.17) is 0 Å². The Morgan fingerprint density at radius 2 is 1.79 bits per heavy atom. The standard InChI is InChI=1S/C13H14F4N4O3/c1-20-12(23)7-8(11(22)19-10(18-7)9(16)17)21(13(20)24)5-3-2-4-6(14)15/h6,9H,2-5H2,1H3,(H,18,19,22). The molecule has 0 spiro atoms. The van der Waals surface area contributed by atoms with Gasteiger partial charge >= 0.3 is 5.69 Å². The lowest BCUT2D eigenvalue weighted by Crippen LogP contribution is -2.41. The van der Waals surface area contributed by atoms with E-state index < -0.39 is 46.5 Å². The van der Waals surface area contributed by atoms with Gasteiger partial charge in [0.05, 0.1) is 0 Å². The first-order valence-electron chi connectivity index (χ1n) is 7.04. The molecule has 24 heavy (non-hydrogen) atoms. The van der Waals surface area contributed by atoms with E-state index in [0.29, 0.717) is 4.57 Å². The summed E-state index contributed by atoms with van der Waals surface area (Å²) in [6.45, 7) is -0.116. The van der Waals surface area contributed by atoms with Gasteiger partial charge in [0.25, 0.3) is 17.5 Å². The number of aromatic amines is 1. The van der Waals surface area contributed by atoms with Crippen LogP contribution < -0.4 is 16.8 Å². The molecule has 2 aromatic heterocycles. The number of H-pyrrole nitrogens is 1. The van der Waals surface area contributed by atoms with Crippen LogP contribution in [0.1, 0.15) is 31.5 Å². The second-order valence-corrected chi connectivity index (χ2v) is 5.13. The minimum atomic E-state index is -3.10. The number of alkyl halides is 4. The molecule has 2 rings (SSSR count). The van der Waals surface area contributed by atoms with Crippen LogP contribution in [-0.2, 0) is 13.6 Å². The van der Waals surface area contributed by atoms with Gasteiger partial charge in [0, 0.05) is 20.0 Å². The molecule has 2 aromatic rings. The number of rotatable bonds is 6. The molecule has 0 amide bonds. The lowest BCUT2D eigenvalue weighted by atomic mass is 10.2. The monoisotopic (exact) mass is 350 g/mol. The molecule has 0 aliphatic carbocycles. The van der Waals surface area contributed by atoms with Crippen LogP contribution in [-0.4, -0.2) is 25.5 Å². The molecule has 11 heteroatoms. The zero-order chi connectivity index (χ0) is 18.0. The summed E-state index contributed by atoms with van der Waals surface area (Å²) in [7, 11) is 1.12. The van der Waals surface area contributed by atoms with Crippen molar-refractivity contribution in [3.05, 3.63) is 37.0 Å². The fourth-order valence-electron chi connectivity index (χ4n) is 2.29. The molecule has 0 radical (unpaired) electrons. The van der Waals surface area contributed by atoms with Crippen LogP contribution in [0, 0.1) is 0 Å². The molecule has 0 aliphatic heterocycles. The van der Waals surface area contributed by atoms with Crippen LogP contribution in [0.5, 0.6) is 0 Å². The summed E-state index contributed by atoms with van der Waals surface area (Å²) in [6.07, 6.45) is -5.72. The van der Waals surface area contributed by atoms with Crippen LogP contribution in [0.3, 0.4) is 0 Å². The van der Waals surface area contributed by atoms with Gasteiger partial charge in [0.1, 0.15) is 5.52 Å². The van der Waals surface area contributed by atoms with Crippen LogP contribution in [0.2, 0.25) is 0 Å². The predicted molar refractivity (Wildman–Crippen MR) is 76.7 cm³/mol. The highest BCUT2D eigenvalue weighted by atomic mass is 19.3. The summed E-state index contributed by atoms with van der Waals surface area (Å²) in [4.78, 5) is 41.5. The molecule has 0 saturated carbocycles. The first kappa shape index (κ1) is 17.9. The van der Waals surface area contributed by atoms with Crippen LogP contribution in [0.25, 0.3) is 11.0 Å². The molecule has 0 fully saturated rings. The van der Waals surface area contributed by atoms with Crippen molar-refractivity contribution in [1.29, 1.82) is 0 Å². The highest BCUT2D eigenvalue weighted by molar-refractivity contribution is 5.72. The Balaban J connectivity index is 2.60. The van der Waals surface area contributed by atoms with Gasteiger partial charge in [-0.25, -0.2) is 27.3 Å². The quantitative estimate of drug-likeness (QED) is 0.625. The van der Waals surface area contributed by atoms with Crippen molar-refractivity contribution in [3.63, 3.8) is 0 Å². The van der Waals surface area contributed by atoms with Crippen LogP contribution in [0.15, 0.2) is 14.4 Å². The van der Waals surface area contributed by atoms with Gasteiger partial charge in [-0.15, -0.1) is 0 Å². The Morgan fingerprint density at radius 1 is 1.12 bits per heavy atom. The smallest absolute Gasteiger partial charge is 0.304 e. The average molecular weight is 350 g/mol. The third-order valence-electron chi connectivity index (χ3n) is 3.47. The minimum absolute atomic E-state index is 0.0922. The summed E-state index contributed by atoms with van der Waals surface area (Å²) in [5.74, 6) is -0.979. The maximum atomic E-state index is 12.7. The molecule has 0 bridgehead atoms. The number of fused-ring (bicyclic) bond motifs is 1. The molecule has 0 atom stereocenters. The van der Waals surface area contributed by atoms with Crippen molar-refractivity contribution >= 4 is 11.0 Å². The van der Waals surface area contributed by atoms with E-state index in [-0.39, 0.29) is 25.8 Å². The van der Waals surface area contributed by atoms with Gasteiger partial charge in [-0.3, -0.25) is 18.7 Å². The molecular weight excluding hydrogens is 336 g/mol. The topological polar surface area (TPSA) is 89.8 Å². The number of aryl methyl sites for hydroxylation is 1. The summed E-state index contributed by atoms with van der Waals surface area (Å²) < 4.78 is 51.3. The van der Waals surface area contributed by atoms with Crippen molar-refractivity contribution in [3.8, 4) is 0 Å². The predicted octanol–water partition coefficient (Wildman–Crippen LogP) is 1.16. The highest BCUT2D eigenvalue weighted by Gasteiger charge is 2.19. The van der Waals surface area contributed by atoms with Crippen LogP contribution in [0.4, 0.5) is 17.6 Å². The lowest BCUT2D eigenvalue weighted by Gasteiger charge is -2.11. The zero-order valence-corrected chi connectivity index (χ0v) is 12.6. The van der Waals surface area contributed by atoms with E-state index in [1.54, 1.807) is 0 Å². The maximum absolute atomic E-state index is 12.7. The molecule has 0 aromatic carbocycles. The molecular formula is C13H14F4N4O3. The fraction of sp³-hybridized carbons (Fsp3) is 0.538. The van der Waals surface area contributed by atoms with E-state index >= 15 is 0 Å². The largest absolute Gasteiger partial charge is 0.331 e. The molecule has 1 N–H and O–H groups in total. The van der Waals surface area contributed by atoms with E-state index in [9.17, 15) is 31.9 Å². The Kier molecular flexibility index (Phi) is 5.20. The Bertz CT molecular complexity index is 916. The summed E-state index contributed by atoms with van der Waals surface area (Å²) in [6, 6.07) is 0. The first-order chi connectivity index (χ1) is 11.2. The van der Waals surface area contributed by atoms with Crippen molar-refractivity contribution in [2.75, 3.05) is 0 Å². The van der Waals surface area contributed by atoms with Gasteiger partial charge < -0.3 is 4.98 Å². The molecule has 7 nitrogen and oxygen atoms in total. The van der Waals surface area contributed by atoms with E-state index in [1.165, 1.54) is 0 Å². The number of unbranched alkanes of at least 4 members (excludes halogenated alkanes) is 1. The van der Waals surface area contributed by atoms with Crippen molar-refractivity contribution in [1.82, 2.24) is 19.1 Å². The molecule has 132 valence electrons. The first-order valence-corrected chi connectivity index (χ1v) is 7.04. The fourth-order valence-corrected chi connectivity index (χ4v) is 2.29. The van der Waals surface area contributed by atoms with Gasteiger partial charge in [0.15, 0.2) is 11.3 Å². The molecule has 0 saturated heterocycles. The average Bonchev–Trinajstić information content (AvgIpc) is 2.51. The summed E-state index contributed by atoms with van der Waals surface area (Å²) >= 11 is 0. The highest BCUT2D eigenvalue weighted by Crippen LogP contribution is 2.14. The van der Waals surface area contributed by atoms with Gasteiger partial charge in [0.2, 0.25) is 6.43 Å². The Hall–Kier alpha value is -2.46. The third kappa shape index (κ3) is 3.39. The van der Waals surface area contributed by atoms with Crippen molar-refractivity contribution in [2.24, 2.45) is 7.05 Å². The van der Waals surface area contributed by atoms with E-state index in [0.717, 1.165) is 11.6 Å². The van der Waals surface area contributed by atoms with Gasteiger partial charge in [-0.05, 0) is 12.8 Å². The SMILES string of the molecule is Cn1c(=O)c2nc(C(F)F)[nH]c(=O)c2n(CCCCC(F)F)c1=O. The number of hydrogen-bond acceptors (Lipinski definition) is 4. The van der Waals surface area contributed by atoms with Gasteiger partial charge in [-0.2, -0.15) is 0 Å². The Labute approximate surface area is 131 Å². The number of halogens is 4. The number of nitrogens with zero attached hydrogens (tertiary/aromatic N) is 3.